The van der Waals surface area contributed by atoms with E-state index in [2.05, 4.69) is 0 Å². The van der Waals surface area contributed by atoms with E-state index in [4.69, 9.17) is 9.47 Å². The fourth-order valence-corrected chi connectivity index (χ4v) is 4.09. The third-order valence-corrected chi connectivity index (χ3v) is 5.37. The standard InChI is InChI=1S/C22H22F2N2O4/c1-3-29-19-9-13-7-8-25-18(15(13)11-20(19)30-4-2)12-21(27)26(22(25)28)17-6-5-14(23)10-16(17)24/h5-6,9-11,18H,3-4,7-8,12H2,1-2H3/t18-/m1/s1. The minimum absolute atomic E-state index is 0.00486. The van der Waals surface area contributed by atoms with Crippen LogP contribution in [0.5, 0.6) is 11.5 Å². The summed E-state index contributed by atoms with van der Waals surface area (Å²) in [6.07, 6.45) is 0.563. The predicted molar refractivity (Wildman–Crippen MR) is 106 cm³/mol. The van der Waals surface area contributed by atoms with E-state index in [0.717, 1.165) is 28.2 Å². The van der Waals surface area contributed by atoms with Gasteiger partial charge in [-0.25, -0.2) is 18.5 Å². The Morgan fingerprint density at radius 1 is 1.03 bits per heavy atom. The number of amides is 3. The number of ether oxygens (including phenoxy) is 2. The van der Waals surface area contributed by atoms with Crippen LogP contribution < -0.4 is 14.4 Å². The molecule has 8 heteroatoms. The van der Waals surface area contributed by atoms with Gasteiger partial charge in [0.1, 0.15) is 11.6 Å². The van der Waals surface area contributed by atoms with Gasteiger partial charge in [0, 0.05) is 12.6 Å². The number of halogens is 2. The lowest BCUT2D eigenvalue weighted by Gasteiger charge is -2.43. The summed E-state index contributed by atoms with van der Waals surface area (Å²) >= 11 is 0. The van der Waals surface area contributed by atoms with Crippen LogP contribution in [-0.4, -0.2) is 36.6 Å². The zero-order valence-corrected chi connectivity index (χ0v) is 16.8. The maximum atomic E-state index is 14.3. The van der Waals surface area contributed by atoms with Gasteiger partial charge in [-0.2, -0.15) is 0 Å². The van der Waals surface area contributed by atoms with Gasteiger partial charge in [-0.3, -0.25) is 4.79 Å². The molecule has 0 saturated carbocycles. The quantitative estimate of drug-likeness (QED) is 0.732. The van der Waals surface area contributed by atoms with Crippen LogP contribution in [0.1, 0.15) is 37.4 Å². The van der Waals surface area contributed by atoms with Gasteiger partial charge in [0.15, 0.2) is 11.5 Å². The Balaban J connectivity index is 1.70. The van der Waals surface area contributed by atoms with E-state index in [1.54, 1.807) is 4.90 Å². The van der Waals surface area contributed by atoms with E-state index in [0.29, 0.717) is 43.7 Å². The van der Waals surface area contributed by atoms with Crippen LogP contribution in [0.3, 0.4) is 0 Å². The Morgan fingerprint density at radius 2 is 1.73 bits per heavy atom. The van der Waals surface area contributed by atoms with E-state index < -0.39 is 29.6 Å². The number of carbonyl (C=O) groups excluding carboxylic acids is 2. The number of nitrogens with zero attached hydrogens (tertiary/aromatic N) is 2. The smallest absolute Gasteiger partial charge is 0.331 e. The van der Waals surface area contributed by atoms with E-state index in [1.165, 1.54) is 0 Å². The molecule has 2 aromatic carbocycles. The highest BCUT2D eigenvalue weighted by molar-refractivity contribution is 6.16. The summed E-state index contributed by atoms with van der Waals surface area (Å²) in [4.78, 5) is 28.3. The molecule has 0 spiro atoms. The van der Waals surface area contributed by atoms with Gasteiger partial charge >= 0.3 is 6.03 Å². The lowest BCUT2D eigenvalue weighted by Crippen LogP contribution is -2.56. The van der Waals surface area contributed by atoms with Gasteiger partial charge in [-0.1, -0.05) is 0 Å². The largest absolute Gasteiger partial charge is 0.490 e. The Hall–Kier alpha value is -3.16. The van der Waals surface area contributed by atoms with Crippen molar-refractivity contribution in [3.8, 4) is 11.5 Å². The van der Waals surface area contributed by atoms with Crippen molar-refractivity contribution in [2.75, 3.05) is 24.7 Å². The van der Waals surface area contributed by atoms with E-state index in [1.807, 2.05) is 26.0 Å². The molecule has 0 bridgehead atoms. The van der Waals surface area contributed by atoms with Crippen LogP contribution in [0.4, 0.5) is 19.3 Å². The van der Waals surface area contributed by atoms with Crippen molar-refractivity contribution in [1.29, 1.82) is 0 Å². The van der Waals surface area contributed by atoms with Crippen molar-refractivity contribution in [1.82, 2.24) is 4.90 Å². The Bertz CT molecular complexity index is 1010. The van der Waals surface area contributed by atoms with Crippen molar-refractivity contribution in [3.63, 3.8) is 0 Å². The molecular weight excluding hydrogens is 394 g/mol. The highest BCUT2D eigenvalue weighted by atomic mass is 19.1. The SMILES string of the molecule is CCOc1cc2c(cc1OCC)[C@H]1CC(=O)N(c3ccc(F)cc3F)C(=O)N1CC2. The van der Waals surface area contributed by atoms with Crippen molar-refractivity contribution in [3.05, 3.63) is 53.1 Å². The monoisotopic (exact) mass is 416 g/mol. The number of imide groups is 1. The predicted octanol–water partition coefficient (Wildman–Crippen LogP) is 4.22. The summed E-state index contributed by atoms with van der Waals surface area (Å²) in [6, 6.07) is 5.46. The molecule has 1 saturated heterocycles. The van der Waals surface area contributed by atoms with Gasteiger partial charge < -0.3 is 14.4 Å². The second kappa shape index (κ2) is 7.93. The lowest BCUT2D eigenvalue weighted by atomic mass is 9.88. The summed E-state index contributed by atoms with van der Waals surface area (Å²) in [5.41, 5.74) is 1.58. The van der Waals surface area contributed by atoms with Crippen LogP contribution in [-0.2, 0) is 11.2 Å². The second-order valence-electron chi connectivity index (χ2n) is 7.13. The normalized spacial score (nSPS) is 18.2. The number of carbonyl (C=O) groups is 2. The molecule has 0 N–H and O–H groups in total. The molecule has 0 unspecified atom stereocenters. The molecule has 4 rings (SSSR count). The minimum Gasteiger partial charge on any atom is -0.490 e. The van der Waals surface area contributed by atoms with Gasteiger partial charge in [0.25, 0.3) is 0 Å². The van der Waals surface area contributed by atoms with Gasteiger partial charge in [-0.15, -0.1) is 0 Å². The van der Waals surface area contributed by atoms with E-state index in [-0.39, 0.29) is 12.1 Å². The minimum atomic E-state index is -0.951. The third kappa shape index (κ3) is 3.36. The first-order chi connectivity index (χ1) is 14.4. The maximum absolute atomic E-state index is 14.3. The summed E-state index contributed by atoms with van der Waals surface area (Å²) < 4.78 is 38.9. The number of anilines is 1. The number of hydrogen-bond donors (Lipinski definition) is 0. The zero-order chi connectivity index (χ0) is 21.4. The van der Waals surface area contributed by atoms with Crippen molar-refractivity contribution in [2.45, 2.75) is 32.7 Å². The van der Waals surface area contributed by atoms with Crippen LogP contribution >= 0.6 is 0 Å². The van der Waals surface area contributed by atoms with Crippen LogP contribution in [0.2, 0.25) is 0 Å². The summed E-state index contributed by atoms with van der Waals surface area (Å²) in [5.74, 6) is -1.06. The Kier molecular flexibility index (Phi) is 5.32. The van der Waals surface area contributed by atoms with Crippen LogP contribution in [0, 0.1) is 11.6 Å². The van der Waals surface area contributed by atoms with E-state index >= 15 is 0 Å². The topological polar surface area (TPSA) is 59.1 Å². The second-order valence-corrected chi connectivity index (χ2v) is 7.13. The maximum Gasteiger partial charge on any atom is 0.331 e. The summed E-state index contributed by atoms with van der Waals surface area (Å²) in [5, 5.41) is 0. The number of fused-ring (bicyclic) bond motifs is 3. The molecule has 0 aliphatic carbocycles. The molecule has 3 amide bonds. The Morgan fingerprint density at radius 3 is 2.40 bits per heavy atom. The fraction of sp³-hybridized carbons (Fsp3) is 0.364. The first-order valence-electron chi connectivity index (χ1n) is 9.95. The van der Waals surface area contributed by atoms with Crippen LogP contribution in [0.15, 0.2) is 30.3 Å². The number of urea groups is 1. The van der Waals surface area contributed by atoms with Gasteiger partial charge in [-0.05, 0) is 55.7 Å². The molecule has 0 radical (unpaired) electrons. The van der Waals surface area contributed by atoms with Crippen molar-refractivity contribution < 1.29 is 27.8 Å². The highest BCUT2D eigenvalue weighted by Crippen LogP contribution is 2.42. The molecule has 2 aliphatic rings. The fourth-order valence-electron chi connectivity index (χ4n) is 4.09. The van der Waals surface area contributed by atoms with E-state index in [9.17, 15) is 18.4 Å². The number of hydrogen-bond acceptors (Lipinski definition) is 4. The zero-order valence-electron chi connectivity index (χ0n) is 16.8. The molecule has 1 fully saturated rings. The first-order valence-corrected chi connectivity index (χ1v) is 9.95. The van der Waals surface area contributed by atoms with Gasteiger partial charge in [0.2, 0.25) is 5.91 Å². The van der Waals surface area contributed by atoms with Crippen LogP contribution in [0.25, 0.3) is 0 Å². The number of benzene rings is 2. The molecule has 6 nitrogen and oxygen atoms in total. The molecule has 2 heterocycles. The highest BCUT2D eigenvalue weighted by Gasteiger charge is 2.43. The summed E-state index contributed by atoms with van der Waals surface area (Å²) in [7, 11) is 0. The molecule has 1 atom stereocenters. The average Bonchev–Trinajstić information content (AvgIpc) is 2.70. The molecule has 2 aliphatic heterocycles. The molecule has 2 aromatic rings. The molecular formula is C22H22F2N2O4. The molecule has 158 valence electrons. The summed E-state index contributed by atoms with van der Waals surface area (Å²) in [6.45, 7) is 5.07. The molecule has 0 aromatic heterocycles. The number of rotatable bonds is 5. The Labute approximate surface area is 173 Å². The first kappa shape index (κ1) is 20.1. The lowest BCUT2D eigenvalue weighted by molar-refractivity contribution is -0.120. The van der Waals surface area contributed by atoms with Gasteiger partial charge in [0.05, 0.1) is 31.4 Å². The average molecular weight is 416 g/mol. The van der Waals surface area contributed by atoms with Crippen molar-refractivity contribution in [2.24, 2.45) is 0 Å². The van der Waals surface area contributed by atoms with Crippen molar-refractivity contribution >= 4 is 17.6 Å². The molecule has 30 heavy (non-hydrogen) atoms. The third-order valence-electron chi connectivity index (χ3n) is 5.37.